The summed E-state index contributed by atoms with van der Waals surface area (Å²) < 4.78 is 23.0. The average molecular weight is 789 g/mol. The highest BCUT2D eigenvalue weighted by molar-refractivity contribution is 7.45. The van der Waals surface area contributed by atoms with E-state index in [1.807, 2.05) is 27.2 Å². The molecule has 54 heavy (non-hydrogen) atoms. The monoisotopic (exact) mass is 789 g/mol. The number of carbonyl (C=O) groups is 2. The van der Waals surface area contributed by atoms with E-state index >= 15 is 0 Å². The van der Waals surface area contributed by atoms with Gasteiger partial charge < -0.3 is 44.2 Å². The molecule has 5 N–H and O–H groups in total. The van der Waals surface area contributed by atoms with Crippen molar-refractivity contribution in [3.63, 3.8) is 0 Å². The van der Waals surface area contributed by atoms with Gasteiger partial charge in [-0.3, -0.25) is 14.2 Å². The zero-order chi connectivity index (χ0) is 40.4. The van der Waals surface area contributed by atoms with Crippen LogP contribution in [0.15, 0.2) is 24.3 Å². The molecule has 13 heteroatoms. The zero-order valence-electron chi connectivity index (χ0n) is 34.2. The van der Waals surface area contributed by atoms with Gasteiger partial charge in [-0.05, 0) is 32.1 Å². The number of ketones is 1. The summed E-state index contributed by atoms with van der Waals surface area (Å²) in [5.41, 5.74) is 0. The van der Waals surface area contributed by atoms with Gasteiger partial charge in [-0.2, -0.15) is 0 Å². The van der Waals surface area contributed by atoms with Crippen LogP contribution in [0, 0.1) is 11.8 Å². The molecular formula is C41H77N2O10P. The molecule has 0 aromatic carbocycles. The molecule has 316 valence electrons. The lowest BCUT2D eigenvalue weighted by Gasteiger charge is -2.29. The number of amides is 1. The molecule has 8 atom stereocenters. The van der Waals surface area contributed by atoms with E-state index < -0.39 is 62.6 Å². The first-order valence-corrected chi connectivity index (χ1v) is 22.3. The summed E-state index contributed by atoms with van der Waals surface area (Å²) in [6.07, 6.45) is 19.9. The van der Waals surface area contributed by atoms with Gasteiger partial charge in [-0.1, -0.05) is 109 Å². The van der Waals surface area contributed by atoms with E-state index in [9.17, 15) is 39.5 Å². The number of aliphatic hydroxyl groups excluding tert-OH is 4. The number of likely N-dealkylation sites (N-methyl/N-ethyl adjacent to an activating group) is 1. The summed E-state index contributed by atoms with van der Waals surface area (Å²) in [6, 6.07) is -1.03. The molecule has 0 aromatic rings. The van der Waals surface area contributed by atoms with E-state index in [0.717, 1.165) is 38.5 Å². The molecule has 12 nitrogen and oxygen atoms in total. The fourth-order valence-corrected chi connectivity index (χ4v) is 7.40. The number of unbranched alkanes of at least 4 members (excludes halogenated alkanes) is 12. The van der Waals surface area contributed by atoms with Crippen molar-refractivity contribution in [2.24, 2.45) is 11.8 Å². The third kappa shape index (κ3) is 24.9. The molecular weight excluding hydrogens is 711 g/mol. The van der Waals surface area contributed by atoms with Gasteiger partial charge in [0.05, 0.1) is 58.2 Å². The molecule has 0 saturated heterocycles. The van der Waals surface area contributed by atoms with E-state index in [1.54, 1.807) is 18.2 Å². The smallest absolute Gasteiger partial charge is 0.268 e. The molecule has 0 bridgehead atoms. The van der Waals surface area contributed by atoms with Crippen molar-refractivity contribution in [3.8, 4) is 0 Å². The minimum Gasteiger partial charge on any atom is -0.756 e. The number of phosphoric ester groups is 1. The fraction of sp³-hybridized carbons (Fsp3) is 0.854. The van der Waals surface area contributed by atoms with Crippen LogP contribution >= 0.6 is 7.82 Å². The van der Waals surface area contributed by atoms with E-state index in [1.165, 1.54) is 44.9 Å². The molecule has 1 aliphatic rings. The number of carbonyl (C=O) groups excluding carboxylic acids is 2. The number of nitrogens with zero attached hydrogens (tertiary/aromatic N) is 1. The van der Waals surface area contributed by atoms with E-state index in [0.29, 0.717) is 30.3 Å². The number of quaternary nitrogens is 1. The SMILES string of the molecule is CCCCCCCCCCC/C=C/[C@@H](O)[C@H](COP(=O)([O-])OCC[N+](C)(C)C)NC(=O)CCCCC(=O)C[C@@H]1[C@@H](/C=C/[C@@H](O)CCCCC)[C@H](O)C[C@@H]1O. The quantitative estimate of drug-likeness (QED) is 0.0232. The van der Waals surface area contributed by atoms with Crippen molar-refractivity contribution >= 4 is 19.5 Å². The molecule has 0 heterocycles. The van der Waals surface area contributed by atoms with Crippen molar-refractivity contribution < 1.29 is 53.0 Å². The van der Waals surface area contributed by atoms with Crippen LogP contribution < -0.4 is 10.2 Å². The third-order valence-electron chi connectivity index (χ3n) is 10.1. The lowest BCUT2D eigenvalue weighted by atomic mass is 9.87. The maximum atomic E-state index is 12.9. The van der Waals surface area contributed by atoms with Gasteiger partial charge in [0.25, 0.3) is 7.82 Å². The van der Waals surface area contributed by atoms with E-state index in [4.69, 9.17) is 9.05 Å². The Labute approximate surface area is 327 Å². The Morgan fingerprint density at radius 1 is 0.852 bits per heavy atom. The number of nitrogens with one attached hydrogen (secondary N) is 1. The normalized spacial score (nSPS) is 22.1. The highest BCUT2D eigenvalue weighted by atomic mass is 31.2. The molecule has 1 unspecified atom stereocenters. The van der Waals surface area contributed by atoms with Gasteiger partial charge in [0.2, 0.25) is 5.91 Å². The summed E-state index contributed by atoms with van der Waals surface area (Å²) in [5, 5.41) is 45.0. The fourth-order valence-electron chi connectivity index (χ4n) is 6.68. The molecule has 1 rings (SSSR count). The summed E-state index contributed by atoms with van der Waals surface area (Å²) in [4.78, 5) is 38.3. The van der Waals surface area contributed by atoms with Crippen molar-refractivity contribution in [3.05, 3.63) is 24.3 Å². The minimum absolute atomic E-state index is 0.0553. The minimum atomic E-state index is -4.68. The van der Waals surface area contributed by atoms with Gasteiger partial charge >= 0.3 is 0 Å². The van der Waals surface area contributed by atoms with Crippen molar-refractivity contribution in [2.45, 2.75) is 173 Å². The molecule has 1 amide bonds. The third-order valence-corrected chi connectivity index (χ3v) is 11.1. The van der Waals surface area contributed by atoms with Crippen LogP contribution in [0.2, 0.25) is 0 Å². The topological polar surface area (TPSA) is 186 Å². The maximum Gasteiger partial charge on any atom is 0.268 e. The Morgan fingerprint density at radius 2 is 1.46 bits per heavy atom. The lowest BCUT2D eigenvalue weighted by molar-refractivity contribution is -0.870. The number of phosphoric acid groups is 1. The van der Waals surface area contributed by atoms with Gasteiger partial charge in [-0.25, -0.2) is 0 Å². The van der Waals surface area contributed by atoms with Gasteiger partial charge in [0, 0.05) is 37.5 Å². The molecule has 0 spiro atoms. The first-order chi connectivity index (χ1) is 25.6. The van der Waals surface area contributed by atoms with Crippen LogP contribution in [0.4, 0.5) is 0 Å². The molecule has 0 aliphatic heterocycles. The van der Waals surface area contributed by atoms with Gasteiger partial charge in [0.15, 0.2) is 0 Å². The molecule has 1 aliphatic carbocycles. The summed E-state index contributed by atoms with van der Waals surface area (Å²) >= 11 is 0. The predicted octanol–water partition coefficient (Wildman–Crippen LogP) is 5.89. The maximum absolute atomic E-state index is 12.9. The molecule has 1 fully saturated rings. The predicted molar refractivity (Wildman–Crippen MR) is 212 cm³/mol. The largest absolute Gasteiger partial charge is 0.756 e. The Kier molecular flexibility index (Phi) is 27.0. The van der Waals surface area contributed by atoms with Gasteiger partial charge in [0.1, 0.15) is 18.9 Å². The van der Waals surface area contributed by atoms with E-state index in [-0.39, 0.29) is 38.1 Å². The summed E-state index contributed by atoms with van der Waals surface area (Å²) in [7, 11) is 1.03. The van der Waals surface area contributed by atoms with Gasteiger partial charge in [-0.15, -0.1) is 0 Å². The standard InChI is InChI=1S/C41H77N2O10P/c1-6-8-10-11-12-13-14-15-16-17-19-24-38(46)37(32-53-54(50,51)52-29-28-43(3,4)5)42-41(49)25-21-20-23-34(45)30-36-35(39(47)31-40(36)48)27-26-33(44)22-18-9-7-2/h19,24,26-27,33,35-40,44,46-48H,6-18,20-23,25,28-32H2,1-5H3,(H-,42,49,50,51)/b24-19+,27-26+/t33-,35+,36+,37-,38+,39+,40-/m0/s1. The van der Waals surface area contributed by atoms with Crippen LogP contribution in [0.5, 0.6) is 0 Å². The van der Waals surface area contributed by atoms with Crippen molar-refractivity contribution in [1.82, 2.24) is 5.32 Å². The molecule has 0 aromatic heterocycles. The molecule has 1 saturated carbocycles. The Bertz CT molecular complexity index is 1110. The van der Waals surface area contributed by atoms with E-state index in [2.05, 4.69) is 19.2 Å². The van der Waals surface area contributed by atoms with Crippen LogP contribution in [-0.4, -0.2) is 108 Å². The van der Waals surface area contributed by atoms with Crippen molar-refractivity contribution in [1.29, 1.82) is 0 Å². The second-order valence-corrected chi connectivity index (χ2v) is 17.7. The second-order valence-electron chi connectivity index (χ2n) is 16.3. The van der Waals surface area contributed by atoms with Crippen molar-refractivity contribution in [2.75, 3.05) is 40.9 Å². The number of rotatable bonds is 33. The Hall–Kier alpha value is -1.47. The second kappa shape index (κ2) is 28.9. The van der Waals surface area contributed by atoms with Crippen LogP contribution in [0.1, 0.15) is 142 Å². The Balaban J connectivity index is 2.64. The first-order valence-electron chi connectivity index (χ1n) is 20.9. The number of hydrogen-bond acceptors (Lipinski definition) is 10. The molecule has 0 radical (unpaired) electrons. The zero-order valence-corrected chi connectivity index (χ0v) is 35.1. The number of Topliss-reactive ketones (excluding diaryl/α,β-unsaturated/α-hetero) is 1. The average Bonchev–Trinajstić information content (AvgIpc) is 3.36. The summed E-state index contributed by atoms with van der Waals surface area (Å²) in [6.45, 7) is 4.17. The highest BCUT2D eigenvalue weighted by Gasteiger charge is 2.41. The highest BCUT2D eigenvalue weighted by Crippen LogP contribution is 2.38. The lowest BCUT2D eigenvalue weighted by Crippen LogP contribution is -2.45. The Morgan fingerprint density at radius 3 is 2.11 bits per heavy atom. The number of aliphatic hydroxyl groups is 4. The first kappa shape index (κ1) is 50.5. The van der Waals surface area contributed by atoms with Crippen LogP contribution in [-0.2, 0) is 23.2 Å². The van der Waals surface area contributed by atoms with Crippen LogP contribution in [0.3, 0.4) is 0 Å². The van der Waals surface area contributed by atoms with Crippen LogP contribution in [0.25, 0.3) is 0 Å². The number of hydrogen-bond donors (Lipinski definition) is 5. The number of allylic oxidation sites excluding steroid dienone is 1. The summed E-state index contributed by atoms with van der Waals surface area (Å²) in [5.74, 6) is -1.36.